The number of ether oxygens (including phenoxy) is 1. The molecule has 3 aromatic rings. The molecule has 156 valence electrons. The van der Waals surface area contributed by atoms with E-state index in [0.29, 0.717) is 5.02 Å². The van der Waals surface area contributed by atoms with E-state index in [1.165, 1.54) is 18.7 Å². The van der Waals surface area contributed by atoms with Crippen molar-refractivity contribution in [3.05, 3.63) is 80.5 Å². The molecular formula is C21H21ClN4O4. The molecule has 0 saturated heterocycles. The number of carbonyl (C=O) groups is 1. The quantitative estimate of drug-likeness (QED) is 0.644. The Morgan fingerprint density at radius 1 is 1.30 bits per heavy atom. The fourth-order valence-electron chi connectivity index (χ4n) is 3.38. The molecule has 0 saturated carbocycles. The number of aromatic carboxylic acids is 1. The normalized spacial score (nSPS) is 11.8. The highest BCUT2D eigenvalue weighted by Crippen LogP contribution is 2.35. The standard InChI is InChI=1S/C21H21ClN4O4/c1-12-11-13(9-10-23-12)17(14-7-5-6-8-15(14)22)25(2)21-24-16(20(28)29)18(30-4)19(27)26(21)3/h5-11,17H,1-4H3,(H,28,29). The molecule has 30 heavy (non-hydrogen) atoms. The Morgan fingerprint density at radius 3 is 2.60 bits per heavy atom. The van der Waals surface area contributed by atoms with Crippen LogP contribution in [0.1, 0.15) is 33.4 Å². The maximum atomic E-state index is 12.7. The minimum absolute atomic E-state index is 0.151. The molecule has 8 nitrogen and oxygen atoms in total. The number of halogens is 1. The summed E-state index contributed by atoms with van der Waals surface area (Å²) < 4.78 is 6.25. The Hall–Kier alpha value is -3.39. The summed E-state index contributed by atoms with van der Waals surface area (Å²) in [5.41, 5.74) is 1.39. The summed E-state index contributed by atoms with van der Waals surface area (Å²) in [6.45, 7) is 1.87. The predicted molar refractivity (Wildman–Crippen MR) is 114 cm³/mol. The molecule has 3 rings (SSSR count). The zero-order chi connectivity index (χ0) is 22.0. The molecule has 0 fully saturated rings. The van der Waals surface area contributed by atoms with Crippen molar-refractivity contribution in [2.24, 2.45) is 7.05 Å². The van der Waals surface area contributed by atoms with Crippen molar-refractivity contribution < 1.29 is 14.6 Å². The van der Waals surface area contributed by atoms with Crippen molar-refractivity contribution in [3.63, 3.8) is 0 Å². The topological polar surface area (TPSA) is 97.6 Å². The number of benzene rings is 1. The Morgan fingerprint density at radius 2 is 2.00 bits per heavy atom. The lowest BCUT2D eigenvalue weighted by atomic mass is 9.97. The Kier molecular flexibility index (Phi) is 6.07. The average molecular weight is 429 g/mol. The monoisotopic (exact) mass is 428 g/mol. The van der Waals surface area contributed by atoms with Crippen molar-refractivity contribution in [2.75, 3.05) is 19.1 Å². The summed E-state index contributed by atoms with van der Waals surface area (Å²) in [7, 11) is 4.47. The van der Waals surface area contributed by atoms with Gasteiger partial charge in [-0.25, -0.2) is 9.78 Å². The van der Waals surface area contributed by atoms with Gasteiger partial charge in [0.25, 0.3) is 5.56 Å². The molecule has 0 aliphatic heterocycles. The summed E-state index contributed by atoms with van der Waals surface area (Å²) in [5.74, 6) is -1.53. The van der Waals surface area contributed by atoms with E-state index in [-0.39, 0.29) is 11.7 Å². The molecule has 1 aromatic carbocycles. The van der Waals surface area contributed by atoms with Crippen LogP contribution in [0.4, 0.5) is 5.95 Å². The van der Waals surface area contributed by atoms with Crippen LogP contribution in [0, 0.1) is 6.92 Å². The second-order valence-electron chi connectivity index (χ2n) is 6.73. The van der Waals surface area contributed by atoms with Gasteiger partial charge in [0.05, 0.1) is 13.2 Å². The number of hydrogen-bond donors (Lipinski definition) is 1. The average Bonchev–Trinajstić information content (AvgIpc) is 2.71. The summed E-state index contributed by atoms with van der Waals surface area (Å²) >= 11 is 6.50. The number of carboxylic acid groups (broad SMARTS) is 1. The highest BCUT2D eigenvalue weighted by molar-refractivity contribution is 6.31. The minimum atomic E-state index is -1.35. The van der Waals surface area contributed by atoms with E-state index in [2.05, 4.69) is 9.97 Å². The van der Waals surface area contributed by atoms with Gasteiger partial charge < -0.3 is 14.7 Å². The number of nitrogens with zero attached hydrogens (tertiary/aromatic N) is 4. The van der Waals surface area contributed by atoms with Gasteiger partial charge in [-0.05, 0) is 36.2 Å². The van der Waals surface area contributed by atoms with Crippen LogP contribution in [-0.4, -0.2) is 39.8 Å². The van der Waals surface area contributed by atoms with Crippen LogP contribution in [0.15, 0.2) is 47.4 Å². The number of hydrogen-bond acceptors (Lipinski definition) is 6. The van der Waals surface area contributed by atoms with E-state index in [1.807, 2.05) is 37.3 Å². The van der Waals surface area contributed by atoms with Crippen molar-refractivity contribution >= 4 is 23.5 Å². The second kappa shape index (κ2) is 8.54. The molecule has 1 unspecified atom stereocenters. The van der Waals surface area contributed by atoms with Crippen molar-refractivity contribution in [1.29, 1.82) is 0 Å². The third kappa shape index (κ3) is 3.86. The molecule has 0 amide bonds. The summed E-state index contributed by atoms with van der Waals surface area (Å²) in [5, 5.41) is 10.1. The van der Waals surface area contributed by atoms with E-state index in [4.69, 9.17) is 16.3 Å². The first kappa shape index (κ1) is 21.3. The van der Waals surface area contributed by atoms with Crippen LogP contribution >= 0.6 is 11.6 Å². The van der Waals surface area contributed by atoms with Gasteiger partial charge in [-0.15, -0.1) is 0 Å². The second-order valence-corrected chi connectivity index (χ2v) is 7.14. The third-order valence-electron chi connectivity index (χ3n) is 4.77. The van der Waals surface area contributed by atoms with Crippen LogP contribution in [0.3, 0.4) is 0 Å². The smallest absolute Gasteiger partial charge is 0.358 e. The van der Waals surface area contributed by atoms with Crippen LogP contribution in [-0.2, 0) is 7.05 Å². The van der Waals surface area contributed by atoms with Gasteiger partial charge in [0, 0.05) is 31.0 Å². The maximum Gasteiger partial charge on any atom is 0.358 e. The van der Waals surface area contributed by atoms with Crippen LogP contribution in [0.2, 0.25) is 5.02 Å². The van der Waals surface area contributed by atoms with Crippen molar-refractivity contribution in [2.45, 2.75) is 13.0 Å². The zero-order valence-electron chi connectivity index (χ0n) is 17.0. The molecule has 0 aliphatic rings. The third-order valence-corrected chi connectivity index (χ3v) is 5.12. The van der Waals surface area contributed by atoms with Crippen molar-refractivity contribution in [3.8, 4) is 5.75 Å². The first-order valence-electron chi connectivity index (χ1n) is 9.04. The first-order chi connectivity index (χ1) is 14.3. The van der Waals surface area contributed by atoms with Gasteiger partial charge in [-0.2, -0.15) is 0 Å². The first-order valence-corrected chi connectivity index (χ1v) is 9.42. The van der Waals surface area contributed by atoms with E-state index >= 15 is 0 Å². The van der Waals surface area contributed by atoms with E-state index in [0.717, 1.165) is 16.8 Å². The van der Waals surface area contributed by atoms with Gasteiger partial charge in [0.15, 0.2) is 5.69 Å². The number of anilines is 1. The van der Waals surface area contributed by atoms with E-state index in [1.54, 1.807) is 24.2 Å². The summed E-state index contributed by atoms with van der Waals surface area (Å²) in [6, 6.07) is 10.6. The number of pyridine rings is 1. The van der Waals surface area contributed by atoms with Gasteiger partial charge in [-0.3, -0.25) is 14.3 Å². The minimum Gasteiger partial charge on any atom is -0.489 e. The summed E-state index contributed by atoms with van der Waals surface area (Å²) in [4.78, 5) is 34.6. The SMILES string of the molecule is COc1c(C(=O)O)nc(N(C)C(c2ccnc(C)c2)c2ccccc2Cl)n(C)c1=O. The maximum absolute atomic E-state index is 12.7. The van der Waals surface area contributed by atoms with Gasteiger partial charge in [0.1, 0.15) is 0 Å². The number of carboxylic acids is 1. The van der Waals surface area contributed by atoms with Gasteiger partial charge in [0.2, 0.25) is 11.7 Å². The number of rotatable bonds is 6. The highest BCUT2D eigenvalue weighted by atomic mass is 35.5. The van der Waals surface area contributed by atoms with Crippen LogP contribution in [0.5, 0.6) is 5.75 Å². The van der Waals surface area contributed by atoms with Gasteiger partial charge in [-0.1, -0.05) is 29.8 Å². The fraction of sp³-hybridized carbons (Fsp3) is 0.238. The molecule has 1 N–H and O–H groups in total. The number of aryl methyl sites for hydroxylation is 1. The summed E-state index contributed by atoms with van der Waals surface area (Å²) in [6.07, 6.45) is 1.69. The Bertz CT molecular complexity index is 1160. The molecular weight excluding hydrogens is 408 g/mol. The predicted octanol–water partition coefficient (Wildman–Crippen LogP) is 3.07. The Labute approximate surface area is 178 Å². The molecule has 9 heteroatoms. The largest absolute Gasteiger partial charge is 0.489 e. The lowest BCUT2D eigenvalue weighted by Gasteiger charge is -2.31. The number of aromatic nitrogens is 3. The molecule has 0 bridgehead atoms. The van der Waals surface area contributed by atoms with Crippen molar-refractivity contribution in [1.82, 2.24) is 14.5 Å². The molecule has 2 aromatic heterocycles. The molecule has 1 atom stereocenters. The molecule has 0 aliphatic carbocycles. The molecule has 2 heterocycles. The Balaban J connectivity index is 2.27. The lowest BCUT2D eigenvalue weighted by molar-refractivity contribution is 0.0685. The van der Waals surface area contributed by atoms with E-state index < -0.39 is 23.3 Å². The lowest BCUT2D eigenvalue weighted by Crippen LogP contribution is -2.34. The number of methoxy groups -OCH3 is 1. The van der Waals surface area contributed by atoms with Gasteiger partial charge >= 0.3 is 5.97 Å². The highest BCUT2D eigenvalue weighted by Gasteiger charge is 2.28. The van der Waals surface area contributed by atoms with Crippen LogP contribution in [0.25, 0.3) is 0 Å². The van der Waals surface area contributed by atoms with E-state index in [9.17, 15) is 14.7 Å². The molecule has 0 radical (unpaired) electrons. The molecule has 0 spiro atoms. The van der Waals surface area contributed by atoms with Crippen LogP contribution < -0.4 is 15.2 Å². The zero-order valence-corrected chi connectivity index (χ0v) is 17.7. The fourth-order valence-corrected chi connectivity index (χ4v) is 3.62.